The highest BCUT2D eigenvalue weighted by Crippen LogP contribution is 2.17. The topological polar surface area (TPSA) is 41.9 Å². The summed E-state index contributed by atoms with van der Waals surface area (Å²) in [5, 5.41) is 10.5. The first-order valence-corrected chi connectivity index (χ1v) is 9.58. The van der Waals surface area contributed by atoms with Gasteiger partial charge in [0.2, 0.25) is 0 Å². The highest BCUT2D eigenvalue weighted by molar-refractivity contribution is 5.31. The van der Waals surface area contributed by atoms with Gasteiger partial charge in [0.15, 0.2) is 0 Å². The Hall–Kier alpha value is -2.89. The zero-order chi connectivity index (χ0) is 20.5. The number of rotatable bonds is 10. The molecular weight excluding hydrogens is 369 g/mol. The van der Waals surface area contributed by atoms with Crippen molar-refractivity contribution in [2.75, 3.05) is 20.3 Å². The first-order valence-electron chi connectivity index (χ1n) is 9.58. The highest BCUT2D eigenvalue weighted by Gasteiger charge is 2.14. The molecule has 29 heavy (non-hydrogen) atoms. The maximum absolute atomic E-state index is 13.2. The summed E-state index contributed by atoms with van der Waals surface area (Å²) in [7, 11) is 1.61. The molecule has 0 saturated heterocycles. The van der Waals surface area contributed by atoms with Crippen molar-refractivity contribution in [3.05, 3.63) is 95.8 Å². The number of hydrogen-bond acceptors (Lipinski definition) is 4. The van der Waals surface area contributed by atoms with E-state index in [9.17, 15) is 9.50 Å². The van der Waals surface area contributed by atoms with Crippen LogP contribution in [0.1, 0.15) is 11.1 Å². The summed E-state index contributed by atoms with van der Waals surface area (Å²) in [5.41, 5.74) is 2.14. The molecule has 0 aliphatic carbocycles. The number of aliphatic hydroxyl groups is 1. The number of aliphatic hydroxyl groups excluding tert-OH is 1. The fraction of sp³-hybridized carbons (Fsp3) is 0.250. The summed E-state index contributed by atoms with van der Waals surface area (Å²) in [4.78, 5) is 2.13. The number of nitrogens with zero attached hydrogens (tertiary/aromatic N) is 1. The molecule has 0 bridgehead atoms. The summed E-state index contributed by atoms with van der Waals surface area (Å²) in [6.07, 6.45) is -0.665. The van der Waals surface area contributed by atoms with Crippen LogP contribution in [0.5, 0.6) is 11.5 Å². The van der Waals surface area contributed by atoms with Gasteiger partial charge in [-0.05, 0) is 47.5 Å². The van der Waals surface area contributed by atoms with Crippen molar-refractivity contribution in [1.82, 2.24) is 4.90 Å². The summed E-state index contributed by atoms with van der Waals surface area (Å²) in [6.45, 7) is 1.90. The molecular formula is C24H26FNO3. The molecule has 5 heteroatoms. The second-order valence-corrected chi connectivity index (χ2v) is 6.92. The van der Waals surface area contributed by atoms with Gasteiger partial charge < -0.3 is 14.6 Å². The van der Waals surface area contributed by atoms with Gasteiger partial charge in [-0.3, -0.25) is 4.90 Å². The fourth-order valence-electron chi connectivity index (χ4n) is 3.09. The Morgan fingerprint density at radius 3 is 2.03 bits per heavy atom. The summed E-state index contributed by atoms with van der Waals surface area (Å²) < 4.78 is 24.0. The van der Waals surface area contributed by atoms with E-state index < -0.39 is 6.10 Å². The van der Waals surface area contributed by atoms with Crippen LogP contribution in [0, 0.1) is 5.82 Å². The third kappa shape index (κ3) is 6.89. The van der Waals surface area contributed by atoms with Crippen molar-refractivity contribution >= 4 is 0 Å². The van der Waals surface area contributed by atoms with E-state index in [0.29, 0.717) is 25.4 Å². The van der Waals surface area contributed by atoms with Crippen molar-refractivity contribution in [3.63, 3.8) is 0 Å². The van der Waals surface area contributed by atoms with Gasteiger partial charge in [-0.2, -0.15) is 0 Å². The molecule has 0 spiro atoms. The Kier molecular flexibility index (Phi) is 7.61. The smallest absolute Gasteiger partial charge is 0.123 e. The number of methoxy groups -OCH3 is 1. The minimum Gasteiger partial charge on any atom is -0.497 e. The third-order valence-corrected chi connectivity index (χ3v) is 4.54. The minimum absolute atomic E-state index is 0.182. The Labute approximate surface area is 171 Å². The number of benzene rings is 3. The average molecular weight is 395 g/mol. The van der Waals surface area contributed by atoms with Gasteiger partial charge in [-0.25, -0.2) is 4.39 Å². The predicted molar refractivity (Wildman–Crippen MR) is 111 cm³/mol. The predicted octanol–water partition coefficient (Wildman–Crippen LogP) is 4.28. The molecule has 0 radical (unpaired) electrons. The Bertz CT molecular complexity index is 854. The molecule has 3 rings (SSSR count). The molecule has 0 aliphatic heterocycles. The Balaban J connectivity index is 1.60. The summed E-state index contributed by atoms with van der Waals surface area (Å²) in [5.74, 6) is 1.18. The molecule has 0 heterocycles. The van der Waals surface area contributed by atoms with E-state index >= 15 is 0 Å². The van der Waals surface area contributed by atoms with Crippen LogP contribution in [0.2, 0.25) is 0 Å². The molecule has 1 atom stereocenters. The van der Waals surface area contributed by atoms with E-state index in [4.69, 9.17) is 9.47 Å². The molecule has 0 amide bonds. The molecule has 1 N–H and O–H groups in total. The molecule has 4 nitrogen and oxygen atoms in total. The maximum atomic E-state index is 13.2. The van der Waals surface area contributed by atoms with Crippen LogP contribution in [0.4, 0.5) is 4.39 Å². The Morgan fingerprint density at radius 2 is 1.41 bits per heavy atom. The van der Waals surface area contributed by atoms with Gasteiger partial charge in [0, 0.05) is 19.6 Å². The summed E-state index contributed by atoms with van der Waals surface area (Å²) >= 11 is 0. The lowest BCUT2D eigenvalue weighted by molar-refractivity contribution is 0.0628. The molecule has 1 unspecified atom stereocenters. The fourth-order valence-corrected chi connectivity index (χ4v) is 3.09. The molecule has 152 valence electrons. The lowest BCUT2D eigenvalue weighted by Gasteiger charge is -2.25. The van der Waals surface area contributed by atoms with Crippen LogP contribution in [0.15, 0.2) is 78.9 Å². The van der Waals surface area contributed by atoms with Crippen LogP contribution < -0.4 is 9.47 Å². The van der Waals surface area contributed by atoms with Crippen LogP contribution in [-0.4, -0.2) is 36.4 Å². The van der Waals surface area contributed by atoms with Crippen molar-refractivity contribution in [2.45, 2.75) is 19.2 Å². The van der Waals surface area contributed by atoms with Gasteiger partial charge >= 0.3 is 0 Å². The zero-order valence-corrected chi connectivity index (χ0v) is 16.5. The molecule has 3 aromatic rings. The van der Waals surface area contributed by atoms with Crippen LogP contribution in [0.25, 0.3) is 0 Å². The largest absolute Gasteiger partial charge is 0.497 e. The zero-order valence-electron chi connectivity index (χ0n) is 16.5. The van der Waals surface area contributed by atoms with Gasteiger partial charge in [0.1, 0.15) is 30.0 Å². The van der Waals surface area contributed by atoms with Crippen LogP contribution in [0.3, 0.4) is 0 Å². The van der Waals surface area contributed by atoms with Crippen molar-refractivity contribution < 1.29 is 19.0 Å². The quantitative estimate of drug-likeness (QED) is 0.557. The number of ether oxygens (including phenoxy) is 2. The molecule has 0 aromatic heterocycles. The Morgan fingerprint density at radius 1 is 0.828 bits per heavy atom. The lowest BCUT2D eigenvalue weighted by atomic mass is 10.1. The van der Waals surface area contributed by atoms with Gasteiger partial charge in [0.25, 0.3) is 0 Å². The van der Waals surface area contributed by atoms with E-state index in [-0.39, 0.29) is 12.4 Å². The van der Waals surface area contributed by atoms with Gasteiger partial charge in [0.05, 0.1) is 7.11 Å². The number of hydrogen-bond donors (Lipinski definition) is 1. The van der Waals surface area contributed by atoms with E-state index in [1.54, 1.807) is 19.2 Å². The van der Waals surface area contributed by atoms with Crippen LogP contribution in [-0.2, 0) is 13.1 Å². The monoisotopic (exact) mass is 395 g/mol. The summed E-state index contributed by atoms with van der Waals surface area (Å²) in [6, 6.07) is 23.8. The molecule has 0 aliphatic rings. The second-order valence-electron chi connectivity index (χ2n) is 6.92. The second kappa shape index (κ2) is 10.6. The van der Waals surface area contributed by atoms with Crippen molar-refractivity contribution in [1.29, 1.82) is 0 Å². The van der Waals surface area contributed by atoms with Crippen molar-refractivity contribution in [3.8, 4) is 11.5 Å². The van der Waals surface area contributed by atoms with E-state index in [0.717, 1.165) is 16.9 Å². The van der Waals surface area contributed by atoms with Crippen LogP contribution >= 0.6 is 0 Å². The van der Waals surface area contributed by atoms with Gasteiger partial charge in [-0.1, -0.05) is 42.5 Å². The maximum Gasteiger partial charge on any atom is 0.123 e. The van der Waals surface area contributed by atoms with Gasteiger partial charge in [-0.15, -0.1) is 0 Å². The SMILES string of the molecule is COc1ccc(OCC(O)CN(Cc2ccccc2)Cc2ccc(F)cc2)cc1. The third-order valence-electron chi connectivity index (χ3n) is 4.54. The molecule has 0 fully saturated rings. The van der Waals surface area contributed by atoms with Crippen molar-refractivity contribution in [2.24, 2.45) is 0 Å². The standard InChI is InChI=1S/C24H26FNO3/c1-28-23-11-13-24(14-12-23)29-18-22(27)17-26(15-19-5-3-2-4-6-19)16-20-7-9-21(25)10-8-20/h2-14,22,27H,15-18H2,1H3. The van der Waals surface area contributed by atoms with E-state index in [1.807, 2.05) is 42.5 Å². The van der Waals surface area contributed by atoms with E-state index in [1.165, 1.54) is 12.1 Å². The highest BCUT2D eigenvalue weighted by atomic mass is 19.1. The molecule has 0 saturated carbocycles. The lowest BCUT2D eigenvalue weighted by Crippen LogP contribution is -2.35. The molecule has 3 aromatic carbocycles. The average Bonchev–Trinajstić information content (AvgIpc) is 2.75. The van der Waals surface area contributed by atoms with E-state index in [2.05, 4.69) is 17.0 Å². The first kappa shape index (κ1) is 20.8. The minimum atomic E-state index is -0.665. The first-order chi connectivity index (χ1) is 14.1. The number of halogens is 1. The normalized spacial score (nSPS) is 12.0.